The van der Waals surface area contributed by atoms with Gasteiger partial charge in [-0.05, 0) is 55.9 Å². The number of benzene rings is 1. The van der Waals surface area contributed by atoms with Crippen LogP contribution in [-0.2, 0) is 24.2 Å². The minimum Gasteiger partial charge on any atom is -0.408 e. The van der Waals surface area contributed by atoms with E-state index in [9.17, 15) is 14.4 Å². The average Bonchev–Trinajstić information content (AvgIpc) is 3.19. The maximum Gasteiger partial charge on any atom is 0.419 e. The van der Waals surface area contributed by atoms with Gasteiger partial charge >= 0.3 is 5.76 Å². The van der Waals surface area contributed by atoms with Gasteiger partial charge in [0, 0.05) is 17.8 Å². The van der Waals surface area contributed by atoms with Crippen molar-refractivity contribution in [3.05, 3.63) is 56.2 Å². The van der Waals surface area contributed by atoms with E-state index >= 15 is 0 Å². The standard InChI is InChI=1S/C21H23N3O4S/c25-19(11-6-12-24-15-8-4-5-9-16(15)28-21(24)27)22-23-20(26)18-13-14-7-2-1-3-10-17(14)29-18/h4-5,8-9,13H,1-3,6-7,10-12H2,(H,22,25)(H,23,26). The minimum atomic E-state index is -0.433. The zero-order valence-electron chi connectivity index (χ0n) is 16.0. The smallest absolute Gasteiger partial charge is 0.408 e. The molecule has 1 aromatic carbocycles. The predicted molar refractivity (Wildman–Crippen MR) is 111 cm³/mol. The SMILES string of the molecule is O=C(CCCn1c(=O)oc2ccccc21)NNC(=O)c1cc2c(s1)CCCCC2. The first-order chi connectivity index (χ1) is 14.1. The molecule has 2 amide bonds. The maximum absolute atomic E-state index is 12.3. The highest BCUT2D eigenvalue weighted by Crippen LogP contribution is 2.28. The van der Waals surface area contributed by atoms with Crippen molar-refractivity contribution >= 4 is 34.3 Å². The second-order valence-corrected chi connectivity index (χ2v) is 8.35. The van der Waals surface area contributed by atoms with Gasteiger partial charge in [-0.2, -0.15) is 0 Å². The van der Waals surface area contributed by atoms with Gasteiger partial charge in [0.2, 0.25) is 5.91 Å². The Kier molecular flexibility index (Phi) is 5.80. The molecule has 0 bridgehead atoms. The van der Waals surface area contributed by atoms with Gasteiger partial charge in [0.25, 0.3) is 5.91 Å². The number of carbonyl (C=O) groups excluding carboxylic acids is 2. The molecule has 2 N–H and O–H groups in total. The minimum absolute atomic E-state index is 0.188. The van der Waals surface area contributed by atoms with Crippen molar-refractivity contribution in [2.24, 2.45) is 0 Å². The van der Waals surface area contributed by atoms with Crippen molar-refractivity contribution in [3.63, 3.8) is 0 Å². The predicted octanol–water partition coefficient (Wildman–Crippen LogP) is 3.17. The summed E-state index contributed by atoms with van der Waals surface area (Å²) in [6.45, 7) is 0.370. The molecule has 0 atom stereocenters. The summed E-state index contributed by atoms with van der Waals surface area (Å²) in [4.78, 5) is 38.2. The van der Waals surface area contributed by atoms with Crippen LogP contribution >= 0.6 is 11.3 Å². The van der Waals surface area contributed by atoms with Crippen molar-refractivity contribution < 1.29 is 14.0 Å². The zero-order chi connectivity index (χ0) is 20.2. The van der Waals surface area contributed by atoms with Gasteiger partial charge < -0.3 is 4.42 Å². The van der Waals surface area contributed by atoms with Gasteiger partial charge in [-0.25, -0.2) is 4.79 Å². The number of aryl methyl sites for hydroxylation is 3. The molecular formula is C21H23N3O4S. The van der Waals surface area contributed by atoms with Crippen molar-refractivity contribution in [1.82, 2.24) is 15.4 Å². The molecule has 3 aromatic rings. The third-order valence-electron chi connectivity index (χ3n) is 5.15. The number of para-hydroxylation sites is 2. The number of hydrogen-bond donors (Lipinski definition) is 2. The molecule has 8 heteroatoms. The van der Waals surface area contributed by atoms with Gasteiger partial charge in [0.05, 0.1) is 10.4 Å². The summed E-state index contributed by atoms with van der Waals surface area (Å²) in [5.41, 5.74) is 7.46. The summed E-state index contributed by atoms with van der Waals surface area (Å²) in [5.74, 6) is -1.01. The van der Waals surface area contributed by atoms with Crippen LogP contribution in [0.2, 0.25) is 0 Å². The Bertz CT molecular complexity index is 1070. The molecule has 7 nitrogen and oxygen atoms in total. The first-order valence-electron chi connectivity index (χ1n) is 9.91. The Morgan fingerprint density at radius 3 is 2.83 bits per heavy atom. The van der Waals surface area contributed by atoms with Crippen molar-refractivity contribution in [1.29, 1.82) is 0 Å². The number of hydrazine groups is 1. The second-order valence-electron chi connectivity index (χ2n) is 7.21. The van der Waals surface area contributed by atoms with E-state index in [0.29, 0.717) is 28.9 Å². The molecule has 0 spiro atoms. The normalized spacial score (nSPS) is 13.7. The molecule has 0 saturated carbocycles. The van der Waals surface area contributed by atoms with Crippen LogP contribution in [-0.4, -0.2) is 16.4 Å². The number of aromatic nitrogens is 1. The van der Waals surface area contributed by atoms with E-state index in [1.165, 1.54) is 39.2 Å². The molecule has 0 aliphatic heterocycles. The van der Waals surface area contributed by atoms with Gasteiger partial charge in [-0.1, -0.05) is 18.6 Å². The fraction of sp³-hybridized carbons (Fsp3) is 0.381. The number of rotatable bonds is 5. The number of amides is 2. The molecular weight excluding hydrogens is 390 g/mol. The highest BCUT2D eigenvalue weighted by Gasteiger charge is 2.17. The second kappa shape index (κ2) is 8.65. The van der Waals surface area contributed by atoms with Crippen LogP contribution < -0.4 is 16.6 Å². The first-order valence-corrected chi connectivity index (χ1v) is 10.7. The molecule has 2 aromatic heterocycles. The molecule has 1 aliphatic carbocycles. The Morgan fingerprint density at radius 1 is 1.10 bits per heavy atom. The number of oxazole rings is 1. The molecule has 0 radical (unpaired) electrons. The Labute approximate surface area is 171 Å². The van der Waals surface area contributed by atoms with E-state index in [1.807, 2.05) is 18.2 Å². The topological polar surface area (TPSA) is 93.3 Å². The summed E-state index contributed by atoms with van der Waals surface area (Å²) in [6, 6.07) is 9.13. The highest BCUT2D eigenvalue weighted by atomic mass is 32.1. The fourth-order valence-electron chi connectivity index (χ4n) is 3.65. The van der Waals surface area contributed by atoms with Gasteiger partial charge in [0.1, 0.15) is 0 Å². The number of thiophene rings is 1. The largest absolute Gasteiger partial charge is 0.419 e. The first kappa shape index (κ1) is 19.4. The Hall–Kier alpha value is -2.87. The Morgan fingerprint density at radius 2 is 1.93 bits per heavy atom. The zero-order valence-corrected chi connectivity index (χ0v) is 16.8. The molecule has 1 aliphatic rings. The molecule has 0 saturated heterocycles. The van der Waals surface area contributed by atoms with E-state index in [-0.39, 0.29) is 18.2 Å². The van der Waals surface area contributed by atoms with Crippen LogP contribution in [0.5, 0.6) is 0 Å². The van der Waals surface area contributed by atoms with Crippen LogP contribution in [0.4, 0.5) is 0 Å². The molecule has 152 valence electrons. The lowest BCUT2D eigenvalue weighted by Gasteiger charge is -2.06. The number of nitrogens with zero attached hydrogens (tertiary/aromatic N) is 1. The lowest BCUT2D eigenvalue weighted by Crippen LogP contribution is -2.41. The quantitative estimate of drug-likeness (QED) is 0.496. The van der Waals surface area contributed by atoms with E-state index in [0.717, 1.165) is 19.3 Å². The third kappa shape index (κ3) is 4.42. The van der Waals surface area contributed by atoms with Crippen LogP contribution in [0.25, 0.3) is 11.1 Å². The van der Waals surface area contributed by atoms with Gasteiger partial charge in [0.15, 0.2) is 5.58 Å². The summed E-state index contributed by atoms with van der Waals surface area (Å²) < 4.78 is 6.69. The lowest BCUT2D eigenvalue weighted by molar-refractivity contribution is -0.122. The summed E-state index contributed by atoms with van der Waals surface area (Å²) in [6.07, 6.45) is 6.26. The van der Waals surface area contributed by atoms with Gasteiger partial charge in [-0.3, -0.25) is 25.0 Å². The average molecular weight is 413 g/mol. The van der Waals surface area contributed by atoms with Crippen LogP contribution in [0, 0.1) is 0 Å². The molecule has 0 unspecified atom stereocenters. The number of carbonyl (C=O) groups is 2. The summed E-state index contributed by atoms with van der Waals surface area (Å²) >= 11 is 1.52. The highest BCUT2D eigenvalue weighted by molar-refractivity contribution is 7.14. The van der Waals surface area contributed by atoms with E-state index in [2.05, 4.69) is 10.9 Å². The lowest BCUT2D eigenvalue weighted by atomic mass is 10.1. The maximum atomic E-state index is 12.3. The van der Waals surface area contributed by atoms with E-state index in [1.54, 1.807) is 12.1 Å². The van der Waals surface area contributed by atoms with Gasteiger partial charge in [-0.15, -0.1) is 11.3 Å². The number of nitrogens with one attached hydrogen (secondary N) is 2. The monoisotopic (exact) mass is 413 g/mol. The van der Waals surface area contributed by atoms with E-state index < -0.39 is 5.76 Å². The molecule has 0 fully saturated rings. The van der Waals surface area contributed by atoms with Crippen molar-refractivity contribution in [3.8, 4) is 0 Å². The fourth-order valence-corrected chi connectivity index (χ4v) is 4.80. The van der Waals surface area contributed by atoms with Crippen LogP contribution in [0.3, 0.4) is 0 Å². The summed E-state index contributed by atoms with van der Waals surface area (Å²) in [7, 11) is 0. The molecule has 2 heterocycles. The van der Waals surface area contributed by atoms with E-state index in [4.69, 9.17) is 4.42 Å². The Balaban J connectivity index is 1.26. The molecule has 29 heavy (non-hydrogen) atoms. The summed E-state index contributed by atoms with van der Waals surface area (Å²) in [5, 5.41) is 0. The third-order valence-corrected chi connectivity index (χ3v) is 6.38. The molecule has 4 rings (SSSR count). The van der Waals surface area contributed by atoms with Crippen molar-refractivity contribution in [2.45, 2.75) is 51.5 Å². The van der Waals surface area contributed by atoms with Crippen LogP contribution in [0.15, 0.2) is 39.5 Å². The van der Waals surface area contributed by atoms with Crippen molar-refractivity contribution in [2.75, 3.05) is 0 Å². The number of hydrogen-bond acceptors (Lipinski definition) is 5. The number of fused-ring (bicyclic) bond motifs is 2. The van der Waals surface area contributed by atoms with Crippen LogP contribution in [0.1, 0.15) is 52.2 Å².